The second-order valence-electron chi connectivity index (χ2n) is 6.90. The Balaban J connectivity index is 1.39. The highest BCUT2D eigenvalue weighted by Gasteiger charge is 2.28. The van der Waals surface area contributed by atoms with E-state index in [9.17, 15) is 9.59 Å². The molecule has 0 aliphatic carbocycles. The number of fused-ring (bicyclic) bond motifs is 1. The standard InChI is InChI=1S/C18H24N6O2/c1-21-6-4-5-15(21)17(25)20-12-14-11-19-16-13-23(9-10-24(14)16)18(26)22-7-2-3-8-22/h4-6,11H,2-3,7-10,12-13H2,1H3,(H,20,25). The number of imidazole rings is 1. The summed E-state index contributed by atoms with van der Waals surface area (Å²) < 4.78 is 3.90. The number of hydrogen-bond acceptors (Lipinski definition) is 3. The quantitative estimate of drug-likeness (QED) is 0.897. The van der Waals surface area contributed by atoms with Crippen LogP contribution in [0.1, 0.15) is 34.8 Å². The topological polar surface area (TPSA) is 75.4 Å². The van der Waals surface area contributed by atoms with Gasteiger partial charge in [-0.05, 0) is 25.0 Å². The summed E-state index contributed by atoms with van der Waals surface area (Å²) in [7, 11) is 1.85. The molecule has 0 saturated carbocycles. The number of amides is 3. The molecule has 2 aromatic heterocycles. The van der Waals surface area contributed by atoms with Crippen LogP contribution in [0.4, 0.5) is 4.79 Å². The van der Waals surface area contributed by atoms with Crippen molar-refractivity contribution >= 4 is 11.9 Å². The molecule has 0 radical (unpaired) electrons. The third-order valence-corrected chi connectivity index (χ3v) is 5.20. The zero-order valence-corrected chi connectivity index (χ0v) is 15.0. The van der Waals surface area contributed by atoms with Gasteiger partial charge in [0.15, 0.2) is 0 Å². The Morgan fingerprint density at radius 1 is 1.15 bits per heavy atom. The predicted octanol–water partition coefficient (Wildman–Crippen LogP) is 1.18. The number of nitrogens with zero attached hydrogens (tertiary/aromatic N) is 5. The zero-order chi connectivity index (χ0) is 18.1. The second kappa shape index (κ2) is 6.86. The first-order valence-corrected chi connectivity index (χ1v) is 9.10. The molecule has 2 aromatic rings. The highest BCUT2D eigenvalue weighted by Crippen LogP contribution is 2.18. The lowest BCUT2D eigenvalue weighted by Crippen LogP contribution is -2.45. The van der Waals surface area contributed by atoms with Crippen LogP contribution in [0.15, 0.2) is 24.5 Å². The molecule has 0 atom stereocenters. The Bertz CT molecular complexity index is 818. The average molecular weight is 356 g/mol. The van der Waals surface area contributed by atoms with E-state index in [0.717, 1.165) is 37.4 Å². The van der Waals surface area contributed by atoms with Crippen molar-refractivity contribution in [1.29, 1.82) is 0 Å². The molecule has 4 heterocycles. The summed E-state index contributed by atoms with van der Waals surface area (Å²) >= 11 is 0. The van der Waals surface area contributed by atoms with Crippen LogP contribution in [0.3, 0.4) is 0 Å². The maximum atomic E-state index is 12.6. The Morgan fingerprint density at radius 3 is 2.69 bits per heavy atom. The van der Waals surface area contributed by atoms with Crippen LogP contribution in [-0.4, -0.2) is 55.5 Å². The number of aryl methyl sites for hydroxylation is 1. The number of likely N-dealkylation sites (tertiary alicyclic amines) is 1. The number of rotatable bonds is 3. The minimum absolute atomic E-state index is 0.102. The molecule has 0 bridgehead atoms. The van der Waals surface area contributed by atoms with Crippen molar-refractivity contribution in [2.24, 2.45) is 7.05 Å². The predicted molar refractivity (Wildman–Crippen MR) is 95.4 cm³/mol. The molecular weight excluding hydrogens is 332 g/mol. The Labute approximate surface area is 152 Å². The third kappa shape index (κ3) is 3.07. The van der Waals surface area contributed by atoms with Crippen molar-refractivity contribution in [1.82, 2.24) is 29.2 Å². The molecule has 8 nitrogen and oxygen atoms in total. The van der Waals surface area contributed by atoms with Gasteiger partial charge < -0.3 is 24.3 Å². The van der Waals surface area contributed by atoms with Gasteiger partial charge in [0.2, 0.25) is 0 Å². The van der Waals surface area contributed by atoms with Gasteiger partial charge in [0.1, 0.15) is 11.5 Å². The first kappa shape index (κ1) is 16.7. The minimum Gasteiger partial charge on any atom is -0.347 e. The third-order valence-electron chi connectivity index (χ3n) is 5.20. The molecular formula is C18H24N6O2. The summed E-state index contributed by atoms with van der Waals surface area (Å²) in [5.74, 6) is 0.779. The smallest absolute Gasteiger partial charge is 0.320 e. The molecule has 0 aromatic carbocycles. The molecule has 2 aliphatic heterocycles. The van der Waals surface area contributed by atoms with Gasteiger partial charge in [0, 0.05) is 39.4 Å². The van der Waals surface area contributed by atoms with Gasteiger partial charge in [0.05, 0.1) is 25.0 Å². The zero-order valence-electron chi connectivity index (χ0n) is 15.0. The van der Waals surface area contributed by atoms with E-state index in [0.29, 0.717) is 31.9 Å². The normalized spacial score (nSPS) is 16.7. The molecule has 0 spiro atoms. The monoisotopic (exact) mass is 356 g/mol. The molecule has 3 amide bonds. The lowest BCUT2D eigenvalue weighted by molar-refractivity contribution is 0.0941. The van der Waals surface area contributed by atoms with E-state index in [1.807, 2.05) is 29.1 Å². The van der Waals surface area contributed by atoms with Gasteiger partial charge in [-0.3, -0.25) is 4.79 Å². The summed E-state index contributed by atoms with van der Waals surface area (Å²) in [6.07, 6.45) is 5.84. The number of hydrogen-bond donors (Lipinski definition) is 1. The van der Waals surface area contributed by atoms with Crippen molar-refractivity contribution in [3.63, 3.8) is 0 Å². The maximum Gasteiger partial charge on any atom is 0.320 e. The van der Waals surface area contributed by atoms with Gasteiger partial charge in [-0.2, -0.15) is 0 Å². The van der Waals surface area contributed by atoms with Crippen LogP contribution in [0.25, 0.3) is 0 Å². The fourth-order valence-electron chi connectivity index (χ4n) is 3.69. The van der Waals surface area contributed by atoms with Crippen LogP contribution < -0.4 is 5.32 Å². The number of nitrogens with one attached hydrogen (secondary N) is 1. The first-order valence-electron chi connectivity index (χ1n) is 9.10. The van der Waals surface area contributed by atoms with E-state index in [2.05, 4.69) is 14.9 Å². The Kier molecular flexibility index (Phi) is 4.40. The van der Waals surface area contributed by atoms with Gasteiger partial charge in [-0.1, -0.05) is 0 Å². The molecule has 8 heteroatoms. The van der Waals surface area contributed by atoms with Crippen LogP contribution in [0, 0.1) is 0 Å². The number of carbonyl (C=O) groups is 2. The second-order valence-corrected chi connectivity index (χ2v) is 6.90. The van der Waals surface area contributed by atoms with Gasteiger partial charge >= 0.3 is 6.03 Å². The summed E-state index contributed by atoms with van der Waals surface area (Å²) in [5, 5.41) is 2.95. The molecule has 26 heavy (non-hydrogen) atoms. The van der Waals surface area contributed by atoms with Gasteiger partial charge in [-0.25, -0.2) is 9.78 Å². The van der Waals surface area contributed by atoms with E-state index in [1.54, 1.807) is 16.8 Å². The van der Waals surface area contributed by atoms with Crippen LogP contribution in [0.2, 0.25) is 0 Å². The Morgan fingerprint density at radius 2 is 1.96 bits per heavy atom. The molecule has 1 fully saturated rings. The molecule has 1 N–H and O–H groups in total. The van der Waals surface area contributed by atoms with Crippen molar-refractivity contribution in [2.75, 3.05) is 19.6 Å². The summed E-state index contributed by atoms with van der Waals surface area (Å²) in [6.45, 7) is 4.07. The van der Waals surface area contributed by atoms with Crippen molar-refractivity contribution in [3.05, 3.63) is 41.7 Å². The summed E-state index contributed by atoms with van der Waals surface area (Å²) in [6, 6.07) is 3.76. The maximum absolute atomic E-state index is 12.6. The van der Waals surface area contributed by atoms with E-state index >= 15 is 0 Å². The lowest BCUT2D eigenvalue weighted by atomic mass is 10.3. The van der Waals surface area contributed by atoms with E-state index in [4.69, 9.17) is 0 Å². The fourth-order valence-corrected chi connectivity index (χ4v) is 3.69. The first-order chi connectivity index (χ1) is 12.6. The fraction of sp³-hybridized carbons (Fsp3) is 0.500. The largest absolute Gasteiger partial charge is 0.347 e. The SMILES string of the molecule is Cn1cccc1C(=O)NCc1cnc2n1CCN(C(=O)N1CCCC1)C2. The summed E-state index contributed by atoms with van der Waals surface area (Å²) in [4.78, 5) is 33.1. The number of carbonyl (C=O) groups excluding carboxylic acids is 2. The molecule has 138 valence electrons. The van der Waals surface area contributed by atoms with E-state index in [1.165, 1.54) is 0 Å². The molecule has 1 saturated heterocycles. The summed E-state index contributed by atoms with van der Waals surface area (Å²) in [5.41, 5.74) is 1.60. The van der Waals surface area contributed by atoms with E-state index in [-0.39, 0.29) is 11.9 Å². The average Bonchev–Trinajstić information content (AvgIpc) is 3.39. The number of urea groups is 1. The number of aromatic nitrogens is 3. The van der Waals surface area contributed by atoms with Crippen LogP contribution >= 0.6 is 0 Å². The Hall–Kier alpha value is -2.77. The van der Waals surface area contributed by atoms with Crippen molar-refractivity contribution in [3.8, 4) is 0 Å². The van der Waals surface area contributed by atoms with Crippen molar-refractivity contribution < 1.29 is 9.59 Å². The lowest BCUT2D eigenvalue weighted by Gasteiger charge is -2.31. The van der Waals surface area contributed by atoms with Crippen molar-refractivity contribution in [2.45, 2.75) is 32.5 Å². The molecule has 4 rings (SSSR count). The highest BCUT2D eigenvalue weighted by molar-refractivity contribution is 5.92. The van der Waals surface area contributed by atoms with Crippen LogP contribution in [-0.2, 0) is 26.7 Å². The molecule has 2 aliphatic rings. The molecule has 0 unspecified atom stereocenters. The minimum atomic E-state index is -0.102. The van der Waals surface area contributed by atoms with E-state index < -0.39 is 0 Å². The van der Waals surface area contributed by atoms with Gasteiger partial charge in [-0.15, -0.1) is 0 Å². The highest BCUT2D eigenvalue weighted by atomic mass is 16.2. The van der Waals surface area contributed by atoms with Gasteiger partial charge in [0.25, 0.3) is 5.91 Å². The van der Waals surface area contributed by atoms with Crippen LogP contribution in [0.5, 0.6) is 0 Å².